The number of methoxy groups -OCH3 is 1. The van der Waals surface area contributed by atoms with Crippen LogP contribution in [0.1, 0.15) is 54.1 Å². The van der Waals surface area contributed by atoms with E-state index in [0.29, 0.717) is 39.9 Å². The van der Waals surface area contributed by atoms with E-state index in [1.54, 1.807) is 55.6 Å². The molecule has 0 fully saturated rings. The molecule has 1 unspecified atom stereocenters. The van der Waals surface area contributed by atoms with E-state index in [0.717, 1.165) is 76.5 Å². The largest absolute Gasteiger partial charge is 0.508 e. The fraction of sp³-hybridized carbons (Fsp3) is 0.0690. The van der Waals surface area contributed by atoms with Crippen LogP contribution in [0.4, 0.5) is 0 Å². The van der Waals surface area contributed by atoms with E-state index in [4.69, 9.17) is 28.4 Å². The first kappa shape index (κ1) is 40.2. The average molecular weight is 909 g/mol. The van der Waals surface area contributed by atoms with Gasteiger partial charge in [0.25, 0.3) is 0 Å². The third-order valence-corrected chi connectivity index (χ3v) is 13.6. The van der Waals surface area contributed by atoms with E-state index >= 15 is 0 Å². The van der Waals surface area contributed by atoms with Crippen LogP contribution in [0.5, 0.6) is 46.0 Å². The minimum atomic E-state index is -1.17. The van der Waals surface area contributed by atoms with Crippen LogP contribution in [-0.4, -0.2) is 41.2 Å². The first-order valence-corrected chi connectivity index (χ1v) is 22.2. The molecule has 10 aromatic rings. The molecule has 0 saturated carbocycles. The van der Waals surface area contributed by atoms with Crippen LogP contribution in [0.25, 0.3) is 43.1 Å². The second-order valence-corrected chi connectivity index (χ2v) is 17.4. The number of carbonyl (C=O) groups excluding carboxylic acids is 2. The van der Waals surface area contributed by atoms with Crippen molar-refractivity contribution in [2.24, 2.45) is 0 Å². The van der Waals surface area contributed by atoms with Crippen molar-refractivity contribution in [3.8, 4) is 46.0 Å². The van der Waals surface area contributed by atoms with Gasteiger partial charge in [0.15, 0.2) is 18.0 Å². The molecule has 0 amide bonds. The molecule has 10 aromatic carbocycles. The maximum Gasteiger partial charge on any atom is 0.340 e. The molecule has 11 nitrogen and oxygen atoms in total. The highest BCUT2D eigenvalue weighted by Gasteiger charge is 2.55. The molecule has 0 aromatic heterocycles. The standard InChI is InChI=1S/C30H20O6.C28H16O5/c1-33-16-34-20-9-11-22-18(15-20)7-13-26-28(22)35-27-21-10-8-19(31)14-17(21)6-12-25(27)30(26)24-5-3-2-4-23(24)29(32)36-30;29-17-7-9-19-15(13-17)5-11-23-25(19)32-26-20-10-8-18(30)14-16(20)6-12-24(26)28(23)22-4-2-1-3-21(22)27(31)33-28/h2-15,31H,16H2,1H3;1-14,29-30H. The maximum atomic E-state index is 13.2. The fourth-order valence-electron chi connectivity index (χ4n) is 10.6. The Morgan fingerprint density at radius 3 is 1.17 bits per heavy atom. The number of esters is 2. The number of aromatic hydroxyl groups is 3. The molecule has 4 heterocycles. The Balaban J connectivity index is 0.000000136. The molecule has 0 saturated heterocycles. The van der Waals surface area contributed by atoms with Crippen molar-refractivity contribution in [2.75, 3.05) is 13.9 Å². The number of hydrogen-bond donors (Lipinski definition) is 3. The number of fused-ring (bicyclic) bond motifs is 20. The summed E-state index contributed by atoms with van der Waals surface area (Å²) in [5, 5.41) is 36.7. The molecule has 4 aliphatic heterocycles. The lowest BCUT2D eigenvalue weighted by molar-refractivity contribution is 0.0216. The Bertz CT molecular complexity index is 3800. The Kier molecular flexibility index (Phi) is 8.58. The molecule has 0 bridgehead atoms. The first-order valence-electron chi connectivity index (χ1n) is 22.2. The third-order valence-electron chi connectivity index (χ3n) is 13.6. The van der Waals surface area contributed by atoms with Crippen LogP contribution in [0, 0.1) is 0 Å². The summed E-state index contributed by atoms with van der Waals surface area (Å²) in [6.45, 7) is 0.148. The molecular formula is C58H36O11. The Morgan fingerprint density at radius 2 is 0.783 bits per heavy atom. The highest BCUT2D eigenvalue weighted by Crippen LogP contribution is 2.61. The monoisotopic (exact) mass is 908 g/mol. The highest BCUT2D eigenvalue weighted by atomic mass is 16.7. The second-order valence-electron chi connectivity index (χ2n) is 17.4. The summed E-state index contributed by atoms with van der Waals surface area (Å²) in [4.78, 5) is 26.2. The Hall–Kier alpha value is -9.06. The van der Waals surface area contributed by atoms with Crippen LogP contribution in [0.15, 0.2) is 170 Å². The van der Waals surface area contributed by atoms with Gasteiger partial charge in [0, 0.05) is 62.0 Å². The van der Waals surface area contributed by atoms with Gasteiger partial charge in [-0.3, -0.25) is 0 Å². The van der Waals surface area contributed by atoms with Crippen molar-refractivity contribution < 1.29 is 53.3 Å². The van der Waals surface area contributed by atoms with E-state index in [1.807, 2.05) is 121 Å². The summed E-state index contributed by atoms with van der Waals surface area (Å²) >= 11 is 0. The number of phenolic OH excluding ortho intramolecular Hbond substituents is 3. The van der Waals surface area contributed by atoms with Crippen molar-refractivity contribution >= 4 is 55.0 Å². The van der Waals surface area contributed by atoms with E-state index in [1.165, 1.54) is 0 Å². The number of carbonyl (C=O) groups is 2. The van der Waals surface area contributed by atoms with Gasteiger partial charge in [-0.25, -0.2) is 9.59 Å². The quantitative estimate of drug-likeness (QED) is 0.115. The summed E-state index contributed by atoms with van der Waals surface area (Å²) in [5.74, 6) is 2.75. The van der Waals surface area contributed by atoms with Crippen molar-refractivity contribution in [1.29, 1.82) is 0 Å². The number of rotatable bonds is 3. The van der Waals surface area contributed by atoms with Gasteiger partial charge in [0.1, 0.15) is 46.0 Å². The lowest BCUT2D eigenvalue weighted by atomic mass is 9.76. The molecule has 69 heavy (non-hydrogen) atoms. The lowest BCUT2D eigenvalue weighted by Gasteiger charge is -2.37. The molecule has 3 N–H and O–H groups in total. The normalized spacial score (nSPS) is 16.3. The van der Waals surface area contributed by atoms with E-state index < -0.39 is 11.2 Å². The average Bonchev–Trinajstić information content (AvgIpc) is 3.83. The number of phenols is 3. The van der Waals surface area contributed by atoms with Crippen LogP contribution < -0.4 is 14.2 Å². The Morgan fingerprint density at radius 1 is 0.420 bits per heavy atom. The molecule has 14 rings (SSSR count). The van der Waals surface area contributed by atoms with Gasteiger partial charge in [-0.15, -0.1) is 0 Å². The highest BCUT2D eigenvalue weighted by molar-refractivity contribution is 6.03. The van der Waals surface area contributed by atoms with Crippen LogP contribution in [0.2, 0.25) is 0 Å². The molecular weight excluding hydrogens is 873 g/mol. The minimum absolute atomic E-state index is 0.148. The predicted octanol–water partition coefficient (Wildman–Crippen LogP) is 12.2. The summed E-state index contributed by atoms with van der Waals surface area (Å²) in [6.07, 6.45) is 0. The number of hydrogen-bond acceptors (Lipinski definition) is 11. The van der Waals surface area contributed by atoms with Crippen molar-refractivity contribution in [3.05, 3.63) is 214 Å². The molecule has 1 atom stereocenters. The van der Waals surface area contributed by atoms with Gasteiger partial charge >= 0.3 is 11.9 Å². The van der Waals surface area contributed by atoms with Gasteiger partial charge in [0.05, 0.1) is 11.1 Å². The molecule has 4 aliphatic rings. The molecule has 0 radical (unpaired) electrons. The van der Waals surface area contributed by atoms with Crippen LogP contribution >= 0.6 is 0 Å². The predicted molar refractivity (Wildman–Crippen MR) is 257 cm³/mol. The van der Waals surface area contributed by atoms with Gasteiger partial charge in [0.2, 0.25) is 0 Å². The fourth-order valence-corrected chi connectivity index (χ4v) is 10.6. The molecule has 2 spiro atoms. The van der Waals surface area contributed by atoms with Crippen molar-refractivity contribution in [1.82, 2.24) is 0 Å². The number of ether oxygens (including phenoxy) is 6. The zero-order valence-electron chi connectivity index (χ0n) is 36.5. The smallest absolute Gasteiger partial charge is 0.340 e. The van der Waals surface area contributed by atoms with Gasteiger partial charge in [-0.1, -0.05) is 60.7 Å². The summed E-state index contributed by atoms with van der Waals surface area (Å²) in [6, 6.07) is 51.4. The summed E-state index contributed by atoms with van der Waals surface area (Å²) < 4.78 is 36.4. The SMILES string of the molecule is COCOc1ccc2c3c(ccc2c1)C1(OC(=O)c2ccccc21)c1ccc2cc(O)ccc2c1O3.O=C1OC2(c3ccccc31)c1ccc3cc(O)ccc3c1Oc1c2ccc2cc(O)ccc12. The van der Waals surface area contributed by atoms with Gasteiger partial charge in [-0.2, -0.15) is 0 Å². The van der Waals surface area contributed by atoms with E-state index in [-0.39, 0.29) is 36.0 Å². The zero-order valence-corrected chi connectivity index (χ0v) is 36.5. The third kappa shape index (κ3) is 5.71. The molecule has 11 heteroatoms. The topological polar surface area (TPSA) is 150 Å². The number of benzene rings is 10. The Labute approximate surface area is 392 Å². The van der Waals surface area contributed by atoms with Gasteiger partial charge in [-0.05, 0) is 131 Å². The van der Waals surface area contributed by atoms with Gasteiger partial charge < -0.3 is 43.7 Å². The van der Waals surface area contributed by atoms with E-state index in [9.17, 15) is 24.9 Å². The minimum Gasteiger partial charge on any atom is -0.508 e. The van der Waals surface area contributed by atoms with Crippen LogP contribution in [0.3, 0.4) is 0 Å². The lowest BCUT2D eigenvalue weighted by Crippen LogP contribution is -2.33. The molecule has 0 aliphatic carbocycles. The molecule has 334 valence electrons. The van der Waals surface area contributed by atoms with Crippen molar-refractivity contribution in [2.45, 2.75) is 11.2 Å². The summed E-state index contributed by atoms with van der Waals surface area (Å²) in [5.41, 5.74) is 3.20. The van der Waals surface area contributed by atoms with E-state index in [2.05, 4.69) is 0 Å². The first-order chi connectivity index (χ1) is 33.7. The second kappa shape index (κ2) is 14.7. The van der Waals surface area contributed by atoms with Crippen LogP contribution in [-0.2, 0) is 25.4 Å². The zero-order chi connectivity index (χ0) is 46.8. The van der Waals surface area contributed by atoms with Crippen molar-refractivity contribution in [3.63, 3.8) is 0 Å². The maximum absolute atomic E-state index is 13.2. The summed E-state index contributed by atoms with van der Waals surface area (Å²) in [7, 11) is 1.58.